The Morgan fingerprint density at radius 1 is 1.30 bits per heavy atom. The van der Waals surface area contributed by atoms with Gasteiger partial charge in [0.15, 0.2) is 0 Å². The summed E-state index contributed by atoms with van der Waals surface area (Å²) in [5.41, 5.74) is 1.13. The fourth-order valence-electron chi connectivity index (χ4n) is 1.49. The molecule has 1 aromatic heterocycles. The summed E-state index contributed by atoms with van der Waals surface area (Å²) in [5, 5.41) is 22.0. The molecule has 1 aromatic rings. The van der Waals surface area contributed by atoms with E-state index in [9.17, 15) is 14.4 Å². The summed E-state index contributed by atoms with van der Waals surface area (Å²) in [7, 11) is 0. The van der Waals surface area contributed by atoms with E-state index in [4.69, 9.17) is 10.2 Å². The van der Waals surface area contributed by atoms with Crippen LogP contribution in [0.4, 0.5) is 4.79 Å². The van der Waals surface area contributed by atoms with Crippen molar-refractivity contribution in [3.8, 4) is 0 Å². The maximum Gasteiger partial charge on any atom is 0.326 e. The maximum atomic E-state index is 11.5. The van der Waals surface area contributed by atoms with E-state index < -0.39 is 30.4 Å². The van der Waals surface area contributed by atoms with E-state index in [0.29, 0.717) is 0 Å². The van der Waals surface area contributed by atoms with Crippen molar-refractivity contribution in [3.63, 3.8) is 0 Å². The molecule has 0 fully saturated rings. The van der Waals surface area contributed by atoms with Gasteiger partial charge in [-0.3, -0.25) is 4.79 Å². The smallest absolute Gasteiger partial charge is 0.326 e. The first-order valence-corrected chi connectivity index (χ1v) is 6.66. The number of rotatable bonds is 6. The van der Waals surface area contributed by atoms with Crippen LogP contribution in [-0.4, -0.2) is 34.2 Å². The molecule has 0 aliphatic rings. The normalized spacial score (nSPS) is 11.7. The summed E-state index contributed by atoms with van der Waals surface area (Å²) in [6.45, 7) is 4.20. The number of aryl methyl sites for hydroxylation is 2. The third-order valence-electron chi connectivity index (χ3n) is 2.62. The van der Waals surface area contributed by atoms with Crippen LogP contribution in [0.25, 0.3) is 0 Å². The molecule has 4 N–H and O–H groups in total. The lowest BCUT2D eigenvalue weighted by Crippen LogP contribution is -2.46. The number of urea groups is 1. The van der Waals surface area contributed by atoms with Gasteiger partial charge in [-0.2, -0.15) is 0 Å². The minimum Gasteiger partial charge on any atom is -0.481 e. The SMILES string of the molecule is Cc1cc(CNC(=O)N[C@H](CC(=O)O)C(=O)O)sc1C. The Morgan fingerprint density at radius 2 is 1.95 bits per heavy atom. The largest absolute Gasteiger partial charge is 0.481 e. The highest BCUT2D eigenvalue weighted by molar-refractivity contribution is 7.12. The molecule has 8 heteroatoms. The van der Waals surface area contributed by atoms with Crippen molar-refractivity contribution in [1.29, 1.82) is 0 Å². The molecule has 0 bridgehead atoms. The molecule has 0 unspecified atom stereocenters. The van der Waals surface area contributed by atoms with Crippen molar-refractivity contribution in [2.75, 3.05) is 0 Å². The van der Waals surface area contributed by atoms with E-state index in [1.807, 2.05) is 19.9 Å². The molecular weight excluding hydrogens is 284 g/mol. The van der Waals surface area contributed by atoms with E-state index in [1.54, 1.807) is 0 Å². The fraction of sp³-hybridized carbons (Fsp3) is 0.417. The number of thiophene rings is 1. The molecule has 0 spiro atoms. The van der Waals surface area contributed by atoms with Crippen LogP contribution >= 0.6 is 11.3 Å². The number of nitrogens with one attached hydrogen (secondary N) is 2. The summed E-state index contributed by atoms with van der Waals surface area (Å²) >= 11 is 1.54. The summed E-state index contributed by atoms with van der Waals surface area (Å²) in [5.74, 6) is -2.67. The molecule has 110 valence electrons. The molecule has 20 heavy (non-hydrogen) atoms. The molecule has 7 nitrogen and oxygen atoms in total. The van der Waals surface area contributed by atoms with Gasteiger partial charge in [0.05, 0.1) is 13.0 Å². The van der Waals surface area contributed by atoms with Gasteiger partial charge in [0, 0.05) is 9.75 Å². The van der Waals surface area contributed by atoms with Gasteiger partial charge in [0.2, 0.25) is 0 Å². The first-order chi connectivity index (χ1) is 9.29. The second kappa shape index (κ2) is 6.90. The quantitative estimate of drug-likeness (QED) is 0.627. The third kappa shape index (κ3) is 4.88. The Labute approximate surface area is 119 Å². The molecule has 2 amide bonds. The van der Waals surface area contributed by atoms with Gasteiger partial charge in [0.25, 0.3) is 0 Å². The second-order valence-corrected chi connectivity index (χ2v) is 5.61. The Kier molecular flexibility index (Phi) is 5.51. The van der Waals surface area contributed by atoms with Gasteiger partial charge in [-0.15, -0.1) is 11.3 Å². The first kappa shape index (κ1) is 16.0. The lowest BCUT2D eigenvalue weighted by Gasteiger charge is -2.12. The van der Waals surface area contributed by atoms with Gasteiger partial charge in [-0.1, -0.05) is 0 Å². The molecule has 0 saturated heterocycles. The highest BCUT2D eigenvalue weighted by Crippen LogP contribution is 2.20. The number of aliphatic carboxylic acids is 2. The standard InChI is InChI=1S/C12H16N2O5S/c1-6-3-8(20-7(6)2)5-13-12(19)14-9(11(17)18)4-10(15)16/h3,9H,4-5H2,1-2H3,(H,15,16)(H,17,18)(H2,13,14,19)/t9-/m1/s1. The zero-order valence-corrected chi connectivity index (χ0v) is 11.9. The lowest BCUT2D eigenvalue weighted by molar-refractivity contribution is -0.145. The van der Waals surface area contributed by atoms with Crippen molar-refractivity contribution >= 4 is 29.3 Å². The molecule has 0 aliphatic heterocycles. The van der Waals surface area contributed by atoms with Crippen LogP contribution in [0.3, 0.4) is 0 Å². The molecule has 0 radical (unpaired) electrons. The van der Waals surface area contributed by atoms with Crippen molar-refractivity contribution in [2.45, 2.75) is 32.9 Å². The number of carbonyl (C=O) groups excluding carboxylic acids is 1. The van der Waals surface area contributed by atoms with Gasteiger partial charge in [-0.25, -0.2) is 9.59 Å². The summed E-state index contributed by atoms with van der Waals surface area (Å²) in [6, 6.07) is -0.215. The van der Waals surface area contributed by atoms with E-state index in [-0.39, 0.29) is 6.54 Å². The van der Waals surface area contributed by atoms with Crippen molar-refractivity contribution in [1.82, 2.24) is 10.6 Å². The number of amides is 2. The number of carboxylic acids is 2. The van der Waals surface area contributed by atoms with Crippen LogP contribution in [0.5, 0.6) is 0 Å². The molecule has 0 saturated carbocycles. The highest BCUT2D eigenvalue weighted by atomic mass is 32.1. The second-order valence-electron chi connectivity index (χ2n) is 4.27. The van der Waals surface area contributed by atoms with Crippen LogP contribution < -0.4 is 10.6 Å². The summed E-state index contributed by atoms with van der Waals surface area (Å²) in [6.07, 6.45) is -0.667. The molecule has 1 atom stereocenters. The minimum absolute atomic E-state index is 0.268. The topological polar surface area (TPSA) is 116 Å². The molecule has 0 aromatic carbocycles. The molecule has 0 aliphatic carbocycles. The van der Waals surface area contributed by atoms with Crippen molar-refractivity contribution in [2.24, 2.45) is 0 Å². The zero-order chi connectivity index (χ0) is 15.3. The first-order valence-electron chi connectivity index (χ1n) is 5.84. The molecule has 1 rings (SSSR count). The summed E-state index contributed by atoms with van der Waals surface area (Å²) < 4.78 is 0. The number of hydrogen-bond donors (Lipinski definition) is 4. The highest BCUT2D eigenvalue weighted by Gasteiger charge is 2.22. The average molecular weight is 300 g/mol. The van der Waals surface area contributed by atoms with E-state index >= 15 is 0 Å². The Bertz CT molecular complexity index is 506. The average Bonchev–Trinajstić information content (AvgIpc) is 2.65. The van der Waals surface area contributed by atoms with Crippen LogP contribution in [0, 0.1) is 13.8 Å². The van der Waals surface area contributed by atoms with Crippen LogP contribution in [0.15, 0.2) is 6.07 Å². The minimum atomic E-state index is -1.45. The van der Waals surface area contributed by atoms with Crippen LogP contribution in [0.2, 0.25) is 0 Å². The fourth-order valence-corrected chi connectivity index (χ4v) is 2.48. The third-order valence-corrected chi connectivity index (χ3v) is 3.77. The van der Waals surface area contributed by atoms with Gasteiger partial charge in [-0.05, 0) is 25.5 Å². The van der Waals surface area contributed by atoms with Gasteiger partial charge < -0.3 is 20.8 Å². The van der Waals surface area contributed by atoms with Gasteiger partial charge in [0.1, 0.15) is 6.04 Å². The van der Waals surface area contributed by atoms with E-state index in [1.165, 1.54) is 11.3 Å². The van der Waals surface area contributed by atoms with E-state index in [2.05, 4.69) is 10.6 Å². The Balaban J connectivity index is 2.49. The lowest BCUT2D eigenvalue weighted by atomic mass is 10.2. The predicted octanol–water partition coefficient (Wildman–Crippen LogP) is 1.09. The monoisotopic (exact) mass is 300 g/mol. The van der Waals surface area contributed by atoms with Crippen molar-refractivity contribution < 1.29 is 24.6 Å². The van der Waals surface area contributed by atoms with Crippen LogP contribution in [0.1, 0.15) is 21.7 Å². The predicted molar refractivity (Wildman–Crippen MR) is 72.8 cm³/mol. The number of carbonyl (C=O) groups is 3. The summed E-state index contributed by atoms with van der Waals surface area (Å²) in [4.78, 5) is 34.9. The maximum absolute atomic E-state index is 11.5. The van der Waals surface area contributed by atoms with Crippen LogP contribution in [-0.2, 0) is 16.1 Å². The number of carboxylic acid groups (broad SMARTS) is 2. The van der Waals surface area contributed by atoms with Gasteiger partial charge >= 0.3 is 18.0 Å². The zero-order valence-electron chi connectivity index (χ0n) is 11.1. The van der Waals surface area contributed by atoms with E-state index in [0.717, 1.165) is 15.3 Å². The van der Waals surface area contributed by atoms with Crippen molar-refractivity contribution in [3.05, 3.63) is 21.4 Å². The Hall–Kier alpha value is -2.09. The Morgan fingerprint density at radius 3 is 2.40 bits per heavy atom. The molecule has 1 heterocycles. The molecular formula is C12H16N2O5S. The number of hydrogen-bond acceptors (Lipinski definition) is 4.